The Morgan fingerprint density at radius 3 is 2.14 bits per heavy atom. The molecular weight excluding hydrogens is 564 g/mol. The molecule has 3 aromatic rings. The first-order valence-electron chi connectivity index (χ1n) is 12.9. The molecule has 228 valence electrons. The van der Waals surface area contributed by atoms with E-state index >= 15 is 0 Å². The maximum Gasteiger partial charge on any atom is 0.229 e. The standard InChI is InChI=1S/C27H30O15/c1-9-20(32)22(34)24(36)26(39-9)38-8-18-21(33)23(35)25(37)27(42-18)40-11-5-14(30)19-15(31)7-16(41-17(19)6-11)10-2-3-12(28)13(29)4-10/h2-7,9,18,20-30,32-37H,8H2,1H3/t9-,18+,20-,21-,22+,23-,24+,25+,26+,27+/m0/s1. The normalized spacial score (nSPS) is 33.5. The number of aliphatic hydroxyl groups is 6. The van der Waals surface area contributed by atoms with Crippen LogP contribution in [-0.2, 0) is 14.2 Å². The van der Waals surface area contributed by atoms with Gasteiger partial charge in [0.05, 0.1) is 12.7 Å². The van der Waals surface area contributed by atoms with Gasteiger partial charge in [0.25, 0.3) is 0 Å². The number of aliphatic hydroxyl groups excluding tert-OH is 6. The van der Waals surface area contributed by atoms with Crippen LogP contribution in [0.5, 0.6) is 23.0 Å². The van der Waals surface area contributed by atoms with Crippen LogP contribution in [0.3, 0.4) is 0 Å². The van der Waals surface area contributed by atoms with Crippen LogP contribution in [0, 0.1) is 0 Å². The SMILES string of the molecule is C[C@@H]1O[C@@H](OC[C@H]2O[C@@H](Oc3cc(O)c4c(=O)cc(-c5ccc(O)c(O)c5)oc4c3)[C@H](O)[C@@H](O)[C@H]2O)[C@H](O)[C@H](O)[C@H]1O. The highest BCUT2D eigenvalue weighted by Gasteiger charge is 2.47. The van der Waals surface area contributed by atoms with Gasteiger partial charge < -0.3 is 69.3 Å². The maximum absolute atomic E-state index is 12.7. The molecule has 1 aromatic heterocycles. The Balaban J connectivity index is 1.36. The Kier molecular flexibility index (Phi) is 8.30. The largest absolute Gasteiger partial charge is 0.507 e. The maximum atomic E-state index is 12.7. The number of phenolic OH excluding ortho intramolecular Hbond substituents is 3. The first kappa shape index (κ1) is 30.0. The molecule has 0 radical (unpaired) electrons. The van der Waals surface area contributed by atoms with E-state index in [0.29, 0.717) is 0 Å². The van der Waals surface area contributed by atoms with Gasteiger partial charge in [0.2, 0.25) is 6.29 Å². The number of rotatable bonds is 6. The third-order valence-corrected chi connectivity index (χ3v) is 7.20. The van der Waals surface area contributed by atoms with Crippen LogP contribution in [0.1, 0.15) is 6.92 Å². The molecule has 2 saturated heterocycles. The molecule has 3 heterocycles. The van der Waals surface area contributed by atoms with Crippen LogP contribution in [-0.4, -0.2) is 114 Å². The molecule has 0 unspecified atom stereocenters. The van der Waals surface area contributed by atoms with E-state index in [-0.39, 0.29) is 33.8 Å². The zero-order valence-corrected chi connectivity index (χ0v) is 21.9. The molecule has 5 rings (SSSR count). The first-order valence-corrected chi connectivity index (χ1v) is 12.9. The monoisotopic (exact) mass is 594 g/mol. The van der Waals surface area contributed by atoms with Gasteiger partial charge in [-0.15, -0.1) is 0 Å². The van der Waals surface area contributed by atoms with Crippen molar-refractivity contribution in [1.29, 1.82) is 0 Å². The number of fused-ring (bicyclic) bond motifs is 1. The van der Waals surface area contributed by atoms with Crippen molar-refractivity contribution in [2.24, 2.45) is 0 Å². The van der Waals surface area contributed by atoms with Gasteiger partial charge in [0, 0.05) is 23.8 Å². The molecule has 0 bridgehead atoms. The average molecular weight is 595 g/mol. The topological polar surface area (TPSA) is 249 Å². The molecular formula is C27H30O15. The van der Waals surface area contributed by atoms with E-state index in [0.717, 1.165) is 12.1 Å². The quantitative estimate of drug-likeness (QED) is 0.149. The predicted octanol–water partition coefficient (Wildman–Crippen LogP) is -1.39. The van der Waals surface area contributed by atoms with Crippen LogP contribution in [0.15, 0.2) is 45.6 Å². The van der Waals surface area contributed by atoms with Gasteiger partial charge >= 0.3 is 0 Å². The fourth-order valence-corrected chi connectivity index (χ4v) is 4.76. The molecule has 2 aliphatic rings. The van der Waals surface area contributed by atoms with Crippen molar-refractivity contribution in [2.75, 3.05) is 6.61 Å². The Bertz CT molecular complexity index is 1490. The van der Waals surface area contributed by atoms with Crippen LogP contribution in [0.4, 0.5) is 0 Å². The second-order valence-electron chi connectivity index (χ2n) is 10.1. The molecule has 15 nitrogen and oxygen atoms in total. The molecule has 2 aromatic carbocycles. The van der Waals surface area contributed by atoms with Crippen LogP contribution < -0.4 is 10.2 Å². The lowest BCUT2D eigenvalue weighted by Gasteiger charge is -2.42. The van der Waals surface area contributed by atoms with Gasteiger partial charge in [-0.3, -0.25) is 4.79 Å². The third kappa shape index (κ3) is 5.61. The zero-order valence-electron chi connectivity index (χ0n) is 21.9. The summed E-state index contributed by atoms with van der Waals surface area (Å²) in [4.78, 5) is 12.7. The van der Waals surface area contributed by atoms with E-state index in [4.69, 9.17) is 23.4 Å². The van der Waals surface area contributed by atoms with Gasteiger partial charge in [0.15, 0.2) is 23.2 Å². The van der Waals surface area contributed by atoms with Gasteiger partial charge in [-0.25, -0.2) is 0 Å². The summed E-state index contributed by atoms with van der Waals surface area (Å²) in [6.45, 7) is 0.938. The van der Waals surface area contributed by atoms with Crippen molar-refractivity contribution >= 4 is 11.0 Å². The van der Waals surface area contributed by atoms with Crippen molar-refractivity contribution in [3.63, 3.8) is 0 Å². The minimum Gasteiger partial charge on any atom is -0.507 e. The van der Waals surface area contributed by atoms with Crippen molar-refractivity contribution in [3.05, 3.63) is 46.6 Å². The zero-order chi connectivity index (χ0) is 30.5. The van der Waals surface area contributed by atoms with Crippen molar-refractivity contribution in [1.82, 2.24) is 0 Å². The number of aromatic hydroxyl groups is 3. The second-order valence-corrected chi connectivity index (χ2v) is 10.1. The fraction of sp³-hybridized carbons (Fsp3) is 0.444. The Morgan fingerprint density at radius 1 is 0.738 bits per heavy atom. The molecule has 2 aliphatic heterocycles. The summed E-state index contributed by atoms with van der Waals surface area (Å²) in [7, 11) is 0. The summed E-state index contributed by atoms with van der Waals surface area (Å²) in [6.07, 6.45) is -15.1. The molecule has 0 saturated carbocycles. The Labute approximate surface area is 236 Å². The summed E-state index contributed by atoms with van der Waals surface area (Å²) in [5.41, 5.74) is -0.541. The molecule has 0 amide bonds. The number of ether oxygens (including phenoxy) is 4. The molecule has 0 aliphatic carbocycles. The van der Waals surface area contributed by atoms with Crippen LogP contribution in [0.2, 0.25) is 0 Å². The Morgan fingerprint density at radius 2 is 1.43 bits per heavy atom. The van der Waals surface area contributed by atoms with E-state index in [1.54, 1.807) is 0 Å². The van der Waals surface area contributed by atoms with Crippen molar-refractivity contribution < 1.29 is 69.3 Å². The number of hydrogen-bond acceptors (Lipinski definition) is 15. The Hall–Kier alpha value is -3.51. The van der Waals surface area contributed by atoms with Gasteiger partial charge in [-0.2, -0.15) is 0 Å². The predicted molar refractivity (Wildman–Crippen MR) is 139 cm³/mol. The summed E-state index contributed by atoms with van der Waals surface area (Å²) in [6, 6.07) is 7.09. The summed E-state index contributed by atoms with van der Waals surface area (Å²) in [5, 5.41) is 91.0. The lowest BCUT2D eigenvalue weighted by molar-refractivity contribution is -0.318. The smallest absolute Gasteiger partial charge is 0.229 e. The first-order chi connectivity index (χ1) is 19.8. The molecule has 10 atom stereocenters. The molecule has 2 fully saturated rings. The van der Waals surface area contributed by atoms with Crippen molar-refractivity contribution in [3.8, 4) is 34.3 Å². The lowest BCUT2D eigenvalue weighted by atomic mass is 9.98. The number of hydrogen-bond donors (Lipinski definition) is 9. The minimum absolute atomic E-state index is 0.0110. The van der Waals surface area contributed by atoms with Gasteiger partial charge in [0.1, 0.15) is 71.0 Å². The van der Waals surface area contributed by atoms with E-state index in [1.165, 1.54) is 31.2 Å². The van der Waals surface area contributed by atoms with E-state index in [9.17, 15) is 50.8 Å². The highest BCUT2D eigenvalue weighted by Crippen LogP contribution is 2.35. The average Bonchev–Trinajstić information content (AvgIpc) is 2.95. The minimum atomic E-state index is -1.79. The molecule has 42 heavy (non-hydrogen) atoms. The van der Waals surface area contributed by atoms with E-state index in [2.05, 4.69) is 0 Å². The van der Waals surface area contributed by atoms with Crippen LogP contribution >= 0.6 is 0 Å². The highest BCUT2D eigenvalue weighted by molar-refractivity contribution is 5.86. The number of benzene rings is 2. The molecule has 15 heteroatoms. The lowest BCUT2D eigenvalue weighted by Crippen LogP contribution is -2.61. The number of phenols is 3. The van der Waals surface area contributed by atoms with Gasteiger partial charge in [-0.05, 0) is 25.1 Å². The van der Waals surface area contributed by atoms with Crippen LogP contribution in [0.25, 0.3) is 22.3 Å². The second kappa shape index (κ2) is 11.6. The summed E-state index contributed by atoms with van der Waals surface area (Å²) < 4.78 is 27.8. The third-order valence-electron chi connectivity index (χ3n) is 7.20. The fourth-order valence-electron chi connectivity index (χ4n) is 4.76. The van der Waals surface area contributed by atoms with E-state index < -0.39 is 84.9 Å². The van der Waals surface area contributed by atoms with Crippen molar-refractivity contribution in [2.45, 2.75) is 68.3 Å². The highest BCUT2D eigenvalue weighted by atomic mass is 16.7. The van der Waals surface area contributed by atoms with Gasteiger partial charge in [-0.1, -0.05) is 0 Å². The molecule has 9 N–H and O–H groups in total. The van der Waals surface area contributed by atoms with E-state index in [1.807, 2.05) is 0 Å². The summed E-state index contributed by atoms with van der Waals surface area (Å²) >= 11 is 0. The summed E-state index contributed by atoms with van der Waals surface area (Å²) in [5.74, 6) is -1.56. The molecule has 0 spiro atoms.